The number of benzene rings is 2. The number of hydrogen-bond acceptors (Lipinski definition) is 4. The highest BCUT2D eigenvalue weighted by Crippen LogP contribution is 2.47. The Morgan fingerprint density at radius 2 is 1.67 bits per heavy atom. The molecule has 4 rings (SSSR count). The number of hydrogen-bond donors (Lipinski definition) is 2. The van der Waals surface area contributed by atoms with Gasteiger partial charge in [0.15, 0.2) is 5.75 Å². The summed E-state index contributed by atoms with van der Waals surface area (Å²) in [5, 5.41) is 20.3. The van der Waals surface area contributed by atoms with Gasteiger partial charge in [-0.05, 0) is 61.6 Å². The molecule has 2 bridgehead atoms. The van der Waals surface area contributed by atoms with E-state index in [1.807, 2.05) is 19.1 Å². The van der Waals surface area contributed by atoms with Crippen LogP contribution in [0.2, 0.25) is 10.0 Å². The SMILES string of the molecule is Cc1cc(Cl)c(OCCOc2ccc([C@H]3C[C@@H]4CC[C@H]([C@@H]3C(=O)O)N4C(=O)O)cc2)c(Cl)c1. The number of aliphatic carboxylic acids is 1. The number of aryl methyl sites for hydroxylation is 1. The summed E-state index contributed by atoms with van der Waals surface area (Å²) in [4.78, 5) is 25.0. The lowest BCUT2D eigenvalue weighted by Crippen LogP contribution is -2.52. The van der Waals surface area contributed by atoms with E-state index in [0.29, 0.717) is 40.8 Å². The maximum absolute atomic E-state index is 12.0. The van der Waals surface area contributed by atoms with Gasteiger partial charge in [-0.3, -0.25) is 4.79 Å². The topological polar surface area (TPSA) is 96.3 Å². The molecule has 2 aliphatic heterocycles. The Morgan fingerprint density at radius 1 is 1.03 bits per heavy atom. The quantitative estimate of drug-likeness (QED) is 0.497. The molecule has 0 radical (unpaired) electrons. The average molecular weight is 494 g/mol. The van der Waals surface area contributed by atoms with Gasteiger partial charge in [-0.2, -0.15) is 0 Å². The fourth-order valence-electron chi connectivity index (χ4n) is 5.12. The summed E-state index contributed by atoms with van der Waals surface area (Å²) in [5.41, 5.74) is 1.83. The molecule has 0 spiro atoms. The summed E-state index contributed by atoms with van der Waals surface area (Å²) >= 11 is 12.4. The maximum atomic E-state index is 12.0. The molecule has 2 heterocycles. The van der Waals surface area contributed by atoms with Gasteiger partial charge in [0, 0.05) is 18.0 Å². The smallest absolute Gasteiger partial charge is 0.407 e. The van der Waals surface area contributed by atoms with Crippen molar-refractivity contribution in [2.75, 3.05) is 13.2 Å². The molecule has 0 unspecified atom stereocenters. The van der Waals surface area contributed by atoms with Crippen LogP contribution in [0.5, 0.6) is 11.5 Å². The third-order valence-electron chi connectivity index (χ3n) is 6.48. The number of rotatable bonds is 7. The van der Waals surface area contributed by atoms with E-state index in [1.54, 1.807) is 24.3 Å². The predicted molar refractivity (Wildman–Crippen MR) is 124 cm³/mol. The number of carboxylic acid groups (broad SMARTS) is 2. The fraction of sp³-hybridized carbons (Fsp3) is 0.417. The van der Waals surface area contributed by atoms with Crippen molar-refractivity contribution in [3.63, 3.8) is 0 Å². The normalized spacial score (nSPS) is 23.9. The second-order valence-electron chi connectivity index (χ2n) is 8.52. The van der Waals surface area contributed by atoms with Crippen LogP contribution in [-0.2, 0) is 4.79 Å². The Balaban J connectivity index is 1.37. The minimum Gasteiger partial charge on any atom is -0.490 e. The van der Waals surface area contributed by atoms with Crippen LogP contribution in [-0.4, -0.2) is 52.5 Å². The van der Waals surface area contributed by atoms with E-state index in [9.17, 15) is 19.8 Å². The first-order valence-electron chi connectivity index (χ1n) is 10.8. The fourth-order valence-corrected chi connectivity index (χ4v) is 5.83. The standard InChI is InChI=1S/C24H25Cl2NO6/c1-13-10-18(25)22(19(26)11-13)33-9-8-32-16-5-2-14(3-6-16)17-12-15-4-7-20(21(17)23(28)29)27(15)24(30)31/h2-3,5-6,10-11,15,17,20-21H,4,7-9,12H2,1H3,(H,28,29)(H,30,31)/t15-,17+,20+,21+/m0/s1. The molecule has 2 saturated heterocycles. The van der Waals surface area contributed by atoms with Gasteiger partial charge in [-0.25, -0.2) is 4.79 Å². The number of nitrogens with zero attached hydrogens (tertiary/aromatic N) is 1. The van der Waals surface area contributed by atoms with Crippen molar-refractivity contribution in [2.45, 2.75) is 44.2 Å². The van der Waals surface area contributed by atoms with Gasteiger partial charge < -0.3 is 24.6 Å². The summed E-state index contributed by atoms with van der Waals surface area (Å²) in [5.74, 6) is -0.906. The van der Waals surface area contributed by atoms with Crippen molar-refractivity contribution in [3.05, 3.63) is 57.6 Å². The molecule has 4 atom stereocenters. The van der Waals surface area contributed by atoms with Gasteiger partial charge in [0.1, 0.15) is 19.0 Å². The van der Waals surface area contributed by atoms with E-state index < -0.39 is 24.0 Å². The summed E-state index contributed by atoms with van der Waals surface area (Å²) in [7, 11) is 0. The molecule has 2 aromatic carbocycles. The molecular formula is C24H25Cl2NO6. The van der Waals surface area contributed by atoms with Crippen LogP contribution in [0.1, 0.15) is 36.3 Å². The van der Waals surface area contributed by atoms with Crippen LogP contribution in [0.3, 0.4) is 0 Å². The minimum absolute atomic E-state index is 0.137. The largest absolute Gasteiger partial charge is 0.490 e. The van der Waals surface area contributed by atoms with Crippen molar-refractivity contribution in [1.29, 1.82) is 0 Å². The number of carboxylic acids is 1. The number of halogens is 2. The summed E-state index contributed by atoms with van der Waals surface area (Å²) in [6.45, 7) is 2.42. The van der Waals surface area contributed by atoms with Crippen molar-refractivity contribution in [3.8, 4) is 11.5 Å². The Bertz CT molecular complexity index is 1020. The zero-order valence-electron chi connectivity index (χ0n) is 18.0. The second-order valence-corrected chi connectivity index (χ2v) is 9.33. The number of ether oxygens (including phenoxy) is 2. The van der Waals surface area contributed by atoms with Gasteiger partial charge in [-0.15, -0.1) is 0 Å². The van der Waals surface area contributed by atoms with Gasteiger partial charge >= 0.3 is 12.1 Å². The molecular weight excluding hydrogens is 469 g/mol. The van der Waals surface area contributed by atoms with E-state index in [0.717, 1.165) is 11.1 Å². The molecule has 1 amide bonds. The first-order valence-corrected chi connectivity index (χ1v) is 11.6. The molecule has 2 N–H and O–H groups in total. The molecule has 0 aromatic heterocycles. The van der Waals surface area contributed by atoms with Crippen LogP contribution in [0.15, 0.2) is 36.4 Å². The van der Waals surface area contributed by atoms with Crippen LogP contribution in [0.4, 0.5) is 4.79 Å². The maximum Gasteiger partial charge on any atom is 0.407 e. The zero-order chi connectivity index (χ0) is 23.7. The number of piperidine rings is 1. The Kier molecular flexibility index (Phi) is 6.91. The molecule has 7 nitrogen and oxygen atoms in total. The number of carbonyl (C=O) groups is 2. The van der Waals surface area contributed by atoms with Gasteiger partial charge in [-0.1, -0.05) is 35.3 Å². The molecule has 176 valence electrons. The number of amides is 1. The molecule has 0 saturated carbocycles. The lowest BCUT2D eigenvalue weighted by Gasteiger charge is -2.41. The summed E-state index contributed by atoms with van der Waals surface area (Å²) < 4.78 is 11.4. The van der Waals surface area contributed by atoms with Crippen LogP contribution in [0.25, 0.3) is 0 Å². The number of fused-ring (bicyclic) bond motifs is 2. The van der Waals surface area contributed by atoms with E-state index in [1.165, 1.54) is 4.90 Å². The van der Waals surface area contributed by atoms with Crippen LogP contribution < -0.4 is 9.47 Å². The van der Waals surface area contributed by atoms with Crippen LogP contribution >= 0.6 is 23.2 Å². The van der Waals surface area contributed by atoms with E-state index in [4.69, 9.17) is 32.7 Å². The molecule has 2 aliphatic rings. The molecule has 9 heteroatoms. The highest BCUT2D eigenvalue weighted by atomic mass is 35.5. The lowest BCUT2D eigenvalue weighted by atomic mass is 9.76. The van der Waals surface area contributed by atoms with Crippen molar-refractivity contribution >= 4 is 35.3 Å². The summed E-state index contributed by atoms with van der Waals surface area (Å²) in [6, 6.07) is 10.2. The third kappa shape index (κ3) is 4.84. The van der Waals surface area contributed by atoms with Gasteiger partial charge in [0.05, 0.1) is 16.0 Å². The Morgan fingerprint density at radius 3 is 2.27 bits per heavy atom. The molecule has 0 aliphatic carbocycles. The third-order valence-corrected chi connectivity index (χ3v) is 7.04. The van der Waals surface area contributed by atoms with Gasteiger partial charge in [0.2, 0.25) is 0 Å². The van der Waals surface area contributed by atoms with E-state index >= 15 is 0 Å². The summed E-state index contributed by atoms with van der Waals surface area (Å²) in [6.07, 6.45) is 0.756. The molecule has 33 heavy (non-hydrogen) atoms. The van der Waals surface area contributed by atoms with Gasteiger partial charge in [0.25, 0.3) is 0 Å². The molecule has 2 aromatic rings. The predicted octanol–water partition coefficient (Wildman–Crippen LogP) is 5.46. The monoisotopic (exact) mass is 493 g/mol. The first-order chi connectivity index (χ1) is 15.8. The highest BCUT2D eigenvalue weighted by molar-refractivity contribution is 6.37. The van der Waals surface area contributed by atoms with Crippen molar-refractivity contribution in [2.24, 2.45) is 5.92 Å². The molecule has 2 fully saturated rings. The second kappa shape index (κ2) is 9.69. The lowest BCUT2D eigenvalue weighted by molar-refractivity contribution is -0.146. The van der Waals surface area contributed by atoms with E-state index in [-0.39, 0.29) is 25.2 Å². The van der Waals surface area contributed by atoms with Crippen molar-refractivity contribution < 1.29 is 29.3 Å². The average Bonchev–Trinajstić information content (AvgIpc) is 3.06. The Hall–Kier alpha value is -2.64. The van der Waals surface area contributed by atoms with Crippen molar-refractivity contribution in [1.82, 2.24) is 4.90 Å². The Labute approximate surface area is 201 Å². The zero-order valence-corrected chi connectivity index (χ0v) is 19.6. The first kappa shape index (κ1) is 23.5. The van der Waals surface area contributed by atoms with E-state index in [2.05, 4.69) is 0 Å². The highest BCUT2D eigenvalue weighted by Gasteiger charge is 2.52. The van der Waals surface area contributed by atoms with Crippen LogP contribution in [0, 0.1) is 12.8 Å². The minimum atomic E-state index is -1.04.